The maximum Gasteiger partial charge on any atom is 0.228 e. The van der Waals surface area contributed by atoms with Crippen LogP contribution >= 0.6 is 11.6 Å². The zero-order valence-corrected chi connectivity index (χ0v) is 10.7. The first-order chi connectivity index (χ1) is 8.83. The van der Waals surface area contributed by atoms with Crippen molar-refractivity contribution in [1.82, 2.24) is 15.5 Å². The Hall–Kier alpha value is -1.39. The first-order valence-corrected chi connectivity index (χ1v) is 6.51. The lowest BCUT2D eigenvalue weighted by Gasteiger charge is -1.97. The number of halogens is 1. The average Bonchev–Trinajstić information content (AvgIpc) is 3.08. The molecule has 0 saturated heterocycles. The van der Waals surface area contributed by atoms with Crippen LogP contribution in [0, 0.1) is 0 Å². The van der Waals surface area contributed by atoms with Gasteiger partial charge in [0.05, 0.1) is 5.02 Å². The van der Waals surface area contributed by atoms with E-state index in [0.29, 0.717) is 22.8 Å². The molecule has 1 aromatic heterocycles. The van der Waals surface area contributed by atoms with Crippen molar-refractivity contribution in [2.24, 2.45) is 0 Å². The van der Waals surface area contributed by atoms with Crippen LogP contribution in [0.5, 0.6) is 0 Å². The van der Waals surface area contributed by atoms with Gasteiger partial charge in [0.2, 0.25) is 11.7 Å². The van der Waals surface area contributed by atoms with Crippen LogP contribution in [0.1, 0.15) is 18.7 Å². The van der Waals surface area contributed by atoms with Gasteiger partial charge in [-0.3, -0.25) is 0 Å². The van der Waals surface area contributed by atoms with Crippen molar-refractivity contribution in [2.75, 3.05) is 6.54 Å². The van der Waals surface area contributed by atoms with Gasteiger partial charge < -0.3 is 9.84 Å². The van der Waals surface area contributed by atoms with Crippen LogP contribution in [-0.4, -0.2) is 22.7 Å². The molecule has 0 aliphatic heterocycles. The van der Waals surface area contributed by atoms with Crippen molar-refractivity contribution in [3.63, 3.8) is 0 Å². The number of hydrogen-bond acceptors (Lipinski definition) is 4. The Kier molecular flexibility index (Phi) is 3.30. The van der Waals surface area contributed by atoms with Crippen LogP contribution in [0.4, 0.5) is 0 Å². The van der Waals surface area contributed by atoms with Crippen LogP contribution < -0.4 is 5.32 Å². The highest BCUT2D eigenvalue weighted by Crippen LogP contribution is 2.25. The topological polar surface area (TPSA) is 51.0 Å². The summed E-state index contributed by atoms with van der Waals surface area (Å²) in [6, 6.07) is 8.20. The molecule has 1 aliphatic carbocycles. The maximum atomic E-state index is 6.09. The van der Waals surface area contributed by atoms with Gasteiger partial charge in [-0.2, -0.15) is 4.98 Å². The summed E-state index contributed by atoms with van der Waals surface area (Å²) in [7, 11) is 0. The Morgan fingerprint density at radius 1 is 1.33 bits per heavy atom. The van der Waals surface area contributed by atoms with Gasteiger partial charge in [-0.15, -0.1) is 0 Å². The maximum absolute atomic E-state index is 6.09. The van der Waals surface area contributed by atoms with Gasteiger partial charge in [0, 0.05) is 24.6 Å². The zero-order chi connectivity index (χ0) is 12.4. The molecule has 0 atom stereocenters. The molecule has 0 radical (unpaired) electrons. The molecule has 1 saturated carbocycles. The van der Waals surface area contributed by atoms with Crippen LogP contribution in [-0.2, 0) is 6.42 Å². The van der Waals surface area contributed by atoms with Crippen molar-refractivity contribution in [2.45, 2.75) is 25.3 Å². The van der Waals surface area contributed by atoms with E-state index in [0.717, 1.165) is 18.5 Å². The Morgan fingerprint density at radius 3 is 2.94 bits per heavy atom. The molecule has 2 aromatic rings. The van der Waals surface area contributed by atoms with E-state index in [-0.39, 0.29) is 0 Å². The van der Waals surface area contributed by atoms with Crippen LogP contribution in [0.3, 0.4) is 0 Å². The second-order valence-corrected chi connectivity index (χ2v) is 4.88. The minimum absolute atomic E-state index is 0.557. The predicted octanol–water partition coefficient (Wildman–Crippen LogP) is 2.68. The van der Waals surface area contributed by atoms with Gasteiger partial charge in [-0.25, -0.2) is 0 Å². The van der Waals surface area contributed by atoms with E-state index >= 15 is 0 Å². The largest absolute Gasteiger partial charge is 0.339 e. The smallest absolute Gasteiger partial charge is 0.228 e. The van der Waals surface area contributed by atoms with Gasteiger partial charge in [0.15, 0.2) is 0 Å². The molecule has 94 valence electrons. The number of aromatic nitrogens is 2. The molecule has 1 N–H and O–H groups in total. The fourth-order valence-corrected chi connectivity index (χ4v) is 2.00. The Bertz CT molecular complexity index is 537. The summed E-state index contributed by atoms with van der Waals surface area (Å²) in [5.41, 5.74) is 0.810. The monoisotopic (exact) mass is 263 g/mol. The minimum atomic E-state index is 0.557. The highest BCUT2D eigenvalue weighted by Gasteiger charge is 2.20. The Balaban J connectivity index is 1.66. The van der Waals surface area contributed by atoms with Crippen molar-refractivity contribution in [1.29, 1.82) is 0 Å². The van der Waals surface area contributed by atoms with Crippen molar-refractivity contribution >= 4 is 11.6 Å². The third kappa shape index (κ3) is 2.71. The van der Waals surface area contributed by atoms with Crippen molar-refractivity contribution in [3.8, 4) is 11.4 Å². The summed E-state index contributed by atoms with van der Waals surface area (Å²) < 4.78 is 5.22. The molecule has 4 nitrogen and oxygen atoms in total. The summed E-state index contributed by atoms with van der Waals surface area (Å²) in [6.45, 7) is 0.884. The third-order valence-corrected chi connectivity index (χ3v) is 3.26. The Morgan fingerprint density at radius 2 is 2.17 bits per heavy atom. The van der Waals surface area contributed by atoms with Gasteiger partial charge in [-0.05, 0) is 25.0 Å². The average molecular weight is 264 g/mol. The molecular weight excluding hydrogens is 250 g/mol. The molecule has 0 amide bonds. The highest BCUT2D eigenvalue weighted by atomic mass is 35.5. The van der Waals surface area contributed by atoms with E-state index in [1.807, 2.05) is 24.3 Å². The Labute approximate surface area is 110 Å². The predicted molar refractivity (Wildman–Crippen MR) is 69.5 cm³/mol. The number of benzene rings is 1. The molecule has 1 aromatic carbocycles. The standard InChI is InChI=1S/C13H14ClN3O/c14-11-4-2-1-3-10(11)13-16-12(18-17-13)7-8-15-9-5-6-9/h1-4,9,15H,5-8H2. The number of nitrogens with zero attached hydrogens (tertiary/aromatic N) is 2. The van der Waals surface area contributed by atoms with Crippen molar-refractivity contribution in [3.05, 3.63) is 35.2 Å². The summed E-state index contributed by atoms with van der Waals surface area (Å²) in [5.74, 6) is 1.21. The van der Waals surface area contributed by atoms with Crippen LogP contribution in [0.15, 0.2) is 28.8 Å². The normalized spacial score (nSPS) is 14.9. The number of hydrogen-bond donors (Lipinski definition) is 1. The molecule has 1 heterocycles. The summed E-state index contributed by atoms with van der Waals surface area (Å²) in [6.07, 6.45) is 3.33. The fraction of sp³-hybridized carbons (Fsp3) is 0.385. The molecule has 0 bridgehead atoms. The van der Waals surface area contributed by atoms with Crippen molar-refractivity contribution < 1.29 is 4.52 Å². The minimum Gasteiger partial charge on any atom is -0.339 e. The van der Waals surface area contributed by atoms with E-state index in [1.165, 1.54) is 12.8 Å². The van der Waals surface area contributed by atoms with Gasteiger partial charge in [0.1, 0.15) is 0 Å². The van der Waals surface area contributed by atoms with E-state index in [9.17, 15) is 0 Å². The summed E-state index contributed by atoms with van der Waals surface area (Å²) >= 11 is 6.09. The summed E-state index contributed by atoms with van der Waals surface area (Å²) in [4.78, 5) is 4.36. The molecular formula is C13H14ClN3O. The fourth-order valence-electron chi connectivity index (χ4n) is 1.78. The van der Waals surface area contributed by atoms with E-state index in [1.54, 1.807) is 0 Å². The second-order valence-electron chi connectivity index (χ2n) is 4.47. The number of rotatable bonds is 5. The molecule has 0 spiro atoms. The van der Waals surface area contributed by atoms with Gasteiger partial charge >= 0.3 is 0 Å². The zero-order valence-electron chi connectivity index (χ0n) is 9.90. The highest BCUT2D eigenvalue weighted by molar-refractivity contribution is 6.33. The third-order valence-electron chi connectivity index (χ3n) is 2.93. The first kappa shape index (κ1) is 11.7. The van der Waals surface area contributed by atoms with Crippen LogP contribution in [0.25, 0.3) is 11.4 Å². The molecule has 0 unspecified atom stereocenters. The lowest BCUT2D eigenvalue weighted by atomic mass is 10.2. The van der Waals surface area contributed by atoms with Gasteiger partial charge in [-0.1, -0.05) is 28.9 Å². The van der Waals surface area contributed by atoms with Gasteiger partial charge in [0.25, 0.3) is 0 Å². The molecule has 1 aliphatic rings. The van der Waals surface area contributed by atoms with Crippen LogP contribution in [0.2, 0.25) is 5.02 Å². The first-order valence-electron chi connectivity index (χ1n) is 6.14. The van der Waals surface area contributed by atoms with E-state index in [4.69, 9.17) is 16.1 Å². The lowest BCUT2D eigenvalue weighted by molar-refractivity contribution is 0.376. The van der Waals surface area contributed by atoms with E-state index < -0.39 is 0 Å². The molecule has 18 heavy (non-hydrogen) atoms. The SMILES string of the molecule is Clc1ccccc1-c1noc(CCNC2CC2)n1. The second kappa shape index (κ2) is 5.08. The molecule has 5 heteroatoms. The lowest BCUT2D eigenvalue weighted by Crippen LogP contribution is -2.19. The van der Waals surface area contributed by atoms with E-state index in [2.05, 4.69) is 15.5 Å². The summed E-state index contributed by atoms with van der Waals surface area (Å²) in [5, 5.41) is 8.01. The number of nitrogens with one attached hydrogen (secondary N) is 1. The molecule has 1 fully saturated rings. The molecule has 3 rings (SSSR count). The quantitative estimate of drug-likeness (QED) is 0.901.